The van der Waals surface area contributed by atoms with Crippen molar-refractivity contribution in [2.45, 2.75) is 5.92 Å². The quantitative estimate of drug-likeness (QED) is 0.445. The van der Waals surface area contributed by atoms with Gasteiger partial charge < -0.3 is 19.9 Å². The third kappa shape index (κ3) is 4.89. The molecule has 4 aromatic rings. The molecule has 0 aliphatic heterocycles. The molecular formula is C26H27N3O2. The van der Waals surface area contributed by atoms with Crippen molar-refractivity contribution in [1.82, 2.24) is 10.3 Å². The lowest BCUT2D eigenvalue weighted by molar-refractivity contribution is -0.123. The molecule has 1 atom stereocenters. The Hall–Kier alpha value is -3.73. The number of hydrogen-bond donors (Lipinski definition) is 2. The van der Waals surface area contributed by atoms with Crippen LogP contribution in [-0.4, -0.2) is 38.1 Å². The van der Waals surface area contributed by atoms with Crippen molar-refractivity contribution in [3.63, 3.8) is 0 Å². The van der Waals surface area contributed by atoms with Crippen LogP contribution in [-0.2, 0) is 4.79 Å². The lowest BCUT2D eigenvalue weighted by Crippen LogP contribution is -2.32. The molecule has 0 aliphatic rings. The molecule has 31 heavy (non-hydrogen) atoms. The van der Waals surface area contributed by atoms with Gasteiger partial charge in [0.05, 0.1) is 0 Å². The Balaban J connectivity index is 1.53. The second kappa shape index (κ2) is 9.39. The minimum absolute atomic E-state index is 0.00974. The number of anilines is 1. The van der Waals surface area contributed by atoms with Gasteiger partial charge in [0.1, 0.15) is 5.75 Å². The molecule has 0 saturated carbocycles. The van der Waals surface area contributed by atoms with Gasteiger partial charge in [0.15, 0.2) is 6.61 Å². The summed E-state index contributed by atoms with van der Waals surface area (Å²) in [7, 11) is 4.05. The maximum Gasteiger partial charge on any atom is 0.257 e. The molecule has 0 aliphatic carbocycles. The molecule has 0 saturated heterocycles. The first-order chi connectivity index (χ1) is 15.1. The maximum absolute atomic E-state index is 12.5. The molecule has 2 N–H and O–H groups in total. The topological polar surface area (TPSA) is 57.4 Å². The largest absolute Gasteiger partial charge is 0.484 e. The lowest BCUT2D eigenvalue weighted by Gasteiger charge is -2.20. The van der Waals surface area contributed by atoms with E-state index in [4.69, 9.17) is 4.74 Å². The zero-order valence-electron chi connectivity index (χ0n) is 17.8. The molecule has 1 unspecified atom stereocenters. The van der Waals surface area contributed by atoms with Crippen molar-refractivity contribution in [3.8, 4) is 5.75 Å². The highest BCUT2D eigenvalue weighted by molar-refractivity contribution is 5.84. The van der Waals surface area contributed by atoms with Crippen molar-refractivity contribution >= 4 is 22.5 Å². The average Bonchev–Trinajstić information content (AvgIpc) is 3.23. The van der Waals surface area contributed by atoms with Crippen LogP contribution in [0.3, 0.4) is 0 Å². The summed E-state index contributed by atoms with van der Waals surface area (Å²) in [6.07, 6.45) is 2.04. The second-order valence-corrected chi connectivity index (χ2v) is 7.73. The van der Waals surface area contributed by atoms with Crippen LogP contribution in [0, 0.1) is 0 Å². The number of aromatic nitrogens is 1. The van der Waals surface area contributed by atoms with E-state index in [2.05, 4.69) is 51.6 Å². The van der Waals surface area contributed by atoms with Crippen LogP contribution in [0.5, 0.6) is 5.75 Å². The number of fused-ring (bicyclic) bond motifs is 1. The SMILES string of the molecule is CN(C)c1ccc(C(CNC(=O)COc2ccccc2)c2c[nH]c3ccccc23)cc1. The normalized spacial score (nSPS) is 11.8. The van der Waals surface area contributed by atoms with Crippen molar-refractivity contribution < 1.29 is 9.53 Å². The van der Waals surface area contributed by atoms with E-state index in [-0.39, 0.29) is 18.4 Å². The number of H-pyrrole nitrogens is 1. The zero-order chi connectivity index (χ0) is 21.6. The number of benzene rings is 3. The second-order valence-electron chi connectivity index (χ2n) is 7.73. The van der Waals surface area contributed by atoms with E-state index < -0.39 is 0 Å². The molecule has 158 valence electrons. The highest BCUT2D eigenvalue weighted by atomic mass is 16.5. The smallest absolute Gasteiger partial charge is 0.257 e. The minimum atomic E-state index is -0.140. The van der Waals surface area contributed by atoms with Crippen LogP contribution >= 0.6 is 0 Å². The van der Waals surface area contributed by atoms with Gasteiger partial charge in [0, 0.05) is 49.3 Å². The van der Waals surface area contributed by atoms with E-state index in [9.17, 15) is 4.79 Å². The Labute approximate surface area is 182 Å². The number of carbonyl (C=O) groups excluding carboxylic acids is 1. The Bertz CT molecular complexity index is 1130. The summed E-state index contributed by atoms with van der Waals surface area (Å²) < 4.78 is 5.59. The summed E-state index contributed by atoms with van der Waals surface area (Å²) in [5.74, 6) is 0.566. The first kappa shape index (κ1) is 20.5. The number of ether oxygens (including phenoxy) is 1. The maximum atomic E-state index is 12.5. The molecule has 1 aromatic heterocycles. The van der Waals surface area contributed by atoms with Gasteiger partial charge in [-0.15, -0.1) is 0 Å². The Morgan fingerprint density at radius 1 is 0.968 bits per heavy atom. The Morgan fingerprint density at radius 2 is 1.68 bits per heavy atom. The van der Waals surface area contributed by atoms with Gasteiger partial charge in [-0.2, -0.15) is 0 Å². The van der Waals surface area contributed by atoms with E-state index in [1.54, 1.807) is 0 Å². The Morgan fingerprint density at radius 3 is 2.42 bits per heavy atom. The van der Waals surface area contributed by atoms with Gasteiger partial charge in [-0.3, -0.25) is 4.79 Å². The number of amides is 1. The molecule has 1 heterocycles. The van der Waals surface area contributed by atoms with E-state index in [0.29, 0.717) is 12.3 Å². The van der Waals surface area contributed by atoms with Crippen molar-refractivity contribution in [2.75, 3.05) is 32.1 Å². The third-order valence-corrected chi connectivity index (χ3v) is 5.43. The van der Waals surface area contributed by atoms with Gasteiger partial charge in [-0.05, 0) is 41.5 Å². The van der Waals surface area contributed by atoms with E-state index in [1.165, 1.54) is 5.39 Å². The van der Waals surface area contributed by atoms with Crippen LogP contribution in [0.15, 0.2) is 85.1 Å². The van der Waals surface area contributed by atoms with Gasteiger partial charge >= 0.3 is 0 Å². The van der Waals surface area contributed by atoms with Crippen molar-refractivity contribution in [2.24, 2.45) is 0 Å². The first-order valence-electron chi connectivity index (χ1n) is 10.4. The third-order valence-electron chi connectivity index (χ3n) is 5.43. The molecule has 0 radical (unpaired) electrons. The molecule has 5 nitrogen and oxygen atoms in total. The highest BCUT2D eigenvalue weighted by Gasteiger charge is 2.19. The highest BCUT2D eigenvalue weighted by Crippen LogP contribution is 2.31. The summed E-state index contributed by atoms with van der Waals surface area (Å²) in [5, 5.41) is 4.22. The zero-order valence-corrected chi connectivity index (χ0v) is 17.8. The standard InChI is InChI=1S/C26H27N3O2/c1-29(2)20-14-12-19(13-15-20)23(24-17-27-25-11-7-6-10-22(24)25)16-28-26(30)18-31-21-8-4-3-5-9-21/h3-15,17,23,27H,16,18H2,1-2H3,(H,28,30). The van der Waals surface area contributed by atoms with E-state index >= 15 is 0 Å². The molecule has 0 bridgehead atoms. The first-order valence-corrected chi connectivity index (χ1v) is 10.4. The molecule has 4 rings (SSSR count). The van der Waals surface area contributed by atoms with Gasteiger partial charge in [0.2, 0.25) is 0 Å². The number of nitrogens with one attached hydrogen (secondary N) is 2. The number of nitrogens with zero attached hydrogens (tertiary/aromatic N) is 1. The van der Waals surface area contributed by atoms with E-state index in [0.717, 1.165) is 22.3 Å². The van der Waals surface area contributed by atoms with E-state index in [1.807, 2.05) is 62.8 Å². The molecule has 0 fully saturated rings. The predicted molar refractivity (Wildman–Crippen MR) is 126 cm³/mol. The Kier molecular flexibility index (Phi) is 6.22. The van der Waals surface area contributed by atoms with Gasteiger partial charge in [0.25, 0.3) is 5.91 Å². The number of para-hydroxylation sites is 2. The predicted octanol–water partition coefficient (Wildman–Crippen LogP) is 4.56. The molecule has 1 amide bonds. The number of hydrogen-bond acceptors (Lipinski definition) is 3. The fraction of sp³-hybridized carbons (Fsp3) is 0.192. The lowest BCUT2D eigenvalue weighted by atomic mass is 9.90. The monoisotopic (exact) mass is 413 g/mol. The fourth-order valence-electron chi connectivity index (χ4n) is 3.73. The number of aromatic amines is 1. The average molecular weight is 414 g/mol. The molecule has 0 spiro atoms. The summed E-state index contributed by atoms with van der Waals surface area (Å²) >= 11 is 0. The van der Waals surface area contributed by atoms with Crippen LogP contribution in [0.1, 0.15) is 17.0 Å². The number of rotatable bonds is 8. The molecule has 3 aromatic carbocycles. The summed E-state index contributed by atoms with van der Waals surface area (Å²) in [4.78, 5) is 17.9. The molecular weight excluding hydrogens is 386 g/mol. The van der Waals surface area contributed by atoms with Gasteiger partial charge in [-0.1, -0.05) is 48.5 Å². The van der Waals surface area contributed by atoms with Crippen molar-refractivity contribution in [3.05, 3.63) is 96.2 Å². The van der Waals surface area contributed by atoms with Crippen molar-refractivity contribution in [1.29, 1.82) is 0 Å². The number of carbonyl (C=O) groups is 1. The summed E-state index contributed by atoms with van der Waals surface area (Å²) in [6.45, 7) is 0.477. The van der Waals surface area contributed by atoms with Crippen LogP contribution in [0.4, 0.5) is 5.69 Å². The van der Waals surface area contributed by atoms with Gasteiger partial charge in [-0.25, -0.2) is 0 Å². The van der Waals surface area contributed by atoms with Crippen LogP contribution < -0.4 is 15.0 Å². The minimum Gasteiger partial charge on any atom is -0.484 e. The van der Waals surface area contributed by atoms with Crippen LogP contribution in [0.2, 0.25) is 0 Å². The summed E-state index contributed by atoms with van der Waals surface area (Å²) in [6, 6.07) is 26.1. The van der Waals surface area contributed by atoms with Crippen LogP contribution in [0.25, 0.3) is 10.9 Å². The molecule has 5 heteroatoms. The fourth-order valence-corrected chi connectivity index (χ4v) is 3.73. The summed E-state index contributed by atoms with van der Waals surface area (Å²) in [5.41, 5.74) is 4.55.